The lowest BCUT2D eigenvalue weighted by atomic mass is 9.94. The summed E-state index contributed by atoms with van der Waals surface area (Å²) in [7, 11) is 1.68. The summed E-state index contributed by atoms with van der Waals surface area (Å²) < 4.78 is 15.7. The molecule has 5 heteroatoms. The summed E-state index contributed by atoms with van der Waals surface area (Å²) in [6.07, 6.45) is 0.839. The fourth-order valence-corrected chi connectivity index (χ4v) is 4.70. The average Bonchev–Trinajstić information content (AvgIpc) is 2.88. The van der Waals surface area contributed by atoms with Crippen LogP contribution in [0.25, 0.3) is 11.1 Å². The minimum absolute atomic E-state index is 0.119. The molecule has 0 radical (unpaired) electrons. The van der Waals surface area contributed by atoms with E-state index in [1.165, 1.54) is 11.1 Å². The van der Waals surface area contributed by atoms with Crippen LogP contribution in [0.3, 0.4) is 0 Å². The van der Waals surface area contributed by atoms with Gasteiger partial charge in [0.05, 0.1) is 7.11 Å². The molecule has 3 nitrogen and oxygen atoms in total. The zero-order valence-electron chi connectivity index (χ0n) is 12.4. The molecule has 2 aromatic rings. The van der Waals surface area contributed by atoms with Gasteiger partial charge in [-0.25, -0.2) is 0 Å². The van der Waals surface area contributed by atoms with Crippen LogP contribution in [0.2, 0.25) is 0 Å². The van der Waals surface area contributed by atoms with Crippen molar-refractivity contribution in [3.8, 4) is 28.4 Å². The Morgan fingerprint density at radius 3 is 2.65 bits per heavy atom. The van der Waals surface area contributed by atoms with E-state index in [1.54, 1.807) is 7.11 Å². The summed E-state index contributed by atoms with van der Waals surface area (Å²) in [6, 6.07) is 10.3. The number of ether oxygens (including phenoxy) is 3. The highest BCUT2D eigenvalue weighted by Crippen LogP contribution is 2.69. The van der Waals surface area contributed by atoms with E-state index < -0.39 is 4.33 Å². The van der Waals surface area contributed by atoms with Crippen molar-refractivity contribution in [1.29, 1.82) is 0 Å². The largest absolute Gasteiger partial charge is 0.497 e. The van der Waals surface area contributed by atoms with Gasteiger partial charge < -0.3 is 14.2 Å². The third-order valence-electron chi connectivity index (χ3n) is 5.12. The third-order valence-corrected chi connectivity index (χ3v) is 6.16. The normalized spacial score (nSPS) is 25.0. The van der Waals surface area contributed by atoms with E-state index in [1.807, 2.05) is 18.2 Å². The quantitative estimate of drug-likeness (QED) is 0.708. The molecule has 1 aliphatic heterocycles. The zero-order chi connectivity index (χ0) is 15.8. The fraction of sp³-hybridized carbons (Fsp3) is 0.333. The highest BCUT2D eigenvalue weighted by Gasteiger charge is 2.65. The van der Waals surface area contributed by atoms with Crippen LogP contribution in [-0.2, 0) is 6.42 Å². The number of methoxy groups -OCH3 is 1. The molecule has 2 aliphatic carbocycles. The maximum Gasteiger partial charge on any atom is 0.231 e. The lowest BCUT2D eigenvalue weighted by Crippen LogP contribution is -2.00. The Labute approximate surface area is 144 Å². The number of benzene rings is 2. The van der Waals surface area contributed by atoms with E-state index in [-0.39, 0.29) is 18.6 Å². The van der Waals surface area contributed by atoms with Crippen LogP contribution < -0.4 is 14.2 Å². The number of rotatable bonds is 1. The van der Waals surface area contributed by atoms with Crippen LogP contribution in [-0.4, -0.2) is 18.2 Å². The summed E-state index contributed by atoms with van der Waals surface area (Å²) in [4.78, 5) is 0. The summed E-state index contributed by atoms with van der Waals surface area (Å²) in [5, 5.41) is 0. The number of hydrogen-bond acceptors (Lipinski definition) is 3. The minimum atomic E-state index is -0.719. The predicted molar refractivity (Wildman–Crippen MR) is 88.9 cm³/mol. The molecule has 0 saturated heterocycles. The van der Waals surface area contributed by atoms with E-state index in [0.717, 1.165) is 34.8 Å². The number of halogens is 2. The molecule has 5 rings (SSSR count). The van der Waals surface area contributed by atoms with Gasteiger partial charge in [0.15, 0.2) is 11.5 Å². The second kappa shape index (κ2) is 4.49. The fourth-order valence-electron chi connectivity index (χ4n) is 3.88. The van der Waals surface area contributed by atoms with Crippen molar-refractivity contribution in [1.82, 2.24) is 0 Å². The second-order valence-corrected chi connectivity index (χ2v) is 7.72. The molecule has 2 atom stereocenters. The first-order chi connectivity index (χ1) is 11.1. The summed E-state index contributed by atoms with van der Waals surface area (Å²) in [5.74, 6) is 2.72. The monoisotopic (exact) mass is 348 g/mol. The molecular weight excluding hydrogens is 335 g/mol. The standard InChI is InChI=1S/C18H14Cl2O3/c1-21-10-2-3-11-9(4-10)5-14-17(18(14,19)20)13-7-16-15(6-12(11)13)22-8-23-16/h2-4,6-7,14,17H,5,8H2,1H3/t14-,17+/m0/s1. The van der Waals surface area contributed by atoms with Crippen molar-refractivity contribution in [3.63, 3.8) is 0 Å². The van der Waals surface area contributed by atoms with E-state index >= 15 is 0 Å². The van der Waals surface area contributed by atoms with E-state index in [2.05, 4.69) is 12.1 Å². The maximum atomic E-state index is 6.57. The molecule has 23 heavy (non-hydrogen) atoms. The van der Waals surface area contributed by atoms with E-state index in [0.29, 0.717) is 0 Å². The molecule has 0 spiro atoms. The van der Waals surface area contributed by atoms with Crippen LogP contribution in [0.1, 0.15) is 17.0 Å². The van der Waals surface area contributed by atoms with E-state index in [9.17, 15) is 0 Å². The molecule has 0 amide bonds. The average molecular weight is 349 g/mol. The molecule has 0 aromatic heterocycles. The third kappa shape index (κ3) is 1.84. The van der Waals surface area contributed by atoms with Crippen molar-refractivity contribution < 1.29 is 14.2 Å². The van der Waals surface area contributed by atoms with Gasteiger partial charge in [-0.2, -0.15) is 0 Å². The SMILES string of the molecule is COc1ccc2c(c1)C[C@H]1[C@@H](c3cc4c(cc3-2)OCO4)C1(Cl)Cl. The first kappa shape index (κ1) is 13.8. The second-order valence-electron chi connectivity index (χ2n) is 6.28. The van der Waals surface area contributed by atoms with Gasteiger partial charge in [-0.05, 0) is 52.9 Å². The van der Waals surface area contributed by atoms with Gasteiger partial charge in [0, 0.05) is 11.8 Å². The molecule has 3 aliphatic rings. The van der Waals surface area contributed by atoms with Gasteiger partial charge in [-0.1, -0.05) is 6.07 Å². The van der Waals surface area contributed by atoms with Crippen LogP contribution in [0, 0.1) is 5.92 Å². The van der Waals surface area contributed by atoms with Gasteiger partial charge in [0.1, 0.15) is 10.1 Å². The Kier molecular flexibility index (Phi) is 2.70. The molecule has 0 unspecified atom stereocenters. The summed E-state index contributed by atoms with van der Waals surface area (Å²) >= 11 is 13.1. The lowest BCUT2D eigenvalue weighted by Gasteiger charge is -2.15. The Morgan fingerprint density at radius 2 is 1.87 bits per heavy atom. The van der Waals surface area contributed by atoms with Crippen LogP contribution in [0.15, 0.2) is 30.3 Å². The Bertz CT molecular complexity index is 831. The molecule has 1 heterocycles. The summed E-state index contributed by atoms with van der Waals surface area (Å²) in [5.41, 5.74) is 4.67. The van der Waals surface area contributed by atoms with Gasteiger partial charge >= 0.3 is 0 Å². The van der Waals surface area contributed by atoms with Crippen molar-refractivity contribution >= 4 is 23.2 Å². The Hall–Kier alpha value is -1.58. The topological polar surface area (TPSA) is 27.7 Å². The Morgan fingerprint density at radius 1 is 1.09 bits per heavy atom. The van der Waals surface area contributed by atoms with Crippen molar-refractivity contribution in [2.45, 2.75) is 16.7 Å². The van der Waals surface area contributed by atoms with Gasteiger partial charge in [0.2, 0.25) is 6.79 Å². The van der Waals surface area contributed by atoms with E-state index in [4.69, 9.17) is 37.4 Å². The molecule has 118 valence electrons. The lowest BCUT2D eigenvalue weighted by molar-refractivity contribution is 0.174. The smallest absolute Gasteiger partial charge is 0.231 e. The minimum Gasteiger partial charge on any atom is -0.497 e. The van der Waals surface area contributed by atoms with Gasteiger partial charge in [-0.15, -0.1) is 23.2 Å². The van der Waals surface area contributed by atoms with Crippen molar-refractivity contribution in [3.05, 3.63) is 41.5 Å². The van der Waals surface area contributed by atoms with Crippen molar-refractivity contribution in [2.24, 2.45) is 5.92 Å². The predicted octanol–water partition coefficient (Wildman–Crippen LogP) is 4.53. The Balaban J connectivity index is 1.77. The zero-order valence-corrected chi connectivity index (χ0v) is 13.9. The molecule has 1 saturated carbocycles. The van der Waals surface area contributed by atoms with Crippen LogP contribution in [0.4, 0.5) is 0 Å². The number of alkyl halides is 2. The molecule has 0 N–H and O–H groups in total. The first-order valence-electron chi connectivity index (χ1n) is 7.58. The number of hydrogen-bond donors (Lipinski definition) is 0. The maximum absolute atomic E-state index is 6.57. The van der Waals surface area contributed by atoms with Crippen molar-refractivity contribution in [2.75, 3.05) is 13.9 Å². The van der Waals surface area contributed by atoms with Crippen LogP contribution in [0.5, 0.6) is 17.2 Å². The molecular formula is C18H14Cl2O3. The highest BCUT2D eigenvalue weighted by molar-refractivity contribution is 6.52. The molecule has 0 bridgehead atoms. The number of fused-ring (bicyclic) bond motifs is 6. The summed E-state index contributed by atoms with van der Waals surface area (Å²) in [6.45, 7) is 0.259. The van der Waals surface area contributed by atoms with Crippen LogP contribution >= 0.6 is 23.2 Å². The van der Waals surface area contributed by atoms with Gasteiger partial charge in [0.25, 0.3) is 0 Å². The highest BCUT2D eigenvalue weighted by atomic mass is 35.5. The van der Waals surface area contributed by atoms with Gasteiger partial charge in [-0.3, -0.25) is 0 Å². The first-order valence-corrected chi connectivity index (χ1v) is 8.34. The molecule has 1 fully saturated rings. The molecule has 2 aromatic carbocycles.